The summed E-state index contributed by atoms with van der Waals surface area (Å²) in [6.07, 6.45) is 2.87. The van der Waals surface area contributed by atoms with Crippen LogP contribution in [-0.2, 0) is 4.79 Å². The fraction of sp³-hybridized carbons (Fsp3) is 0.417. The van der Waals surface area contributed by atoms with Gasteiger partial charge in [-0.05, 0) is 47.8 Å². The molecule has 1 unspecified atom stereocenters. The average Bonchev–Trinajstić information content (AvgIpc) is 2.28. The van der Waals surface area contributed by atoms with E-state index in [1.54, 1.807) is 18.3 Å². The van der Waals surface area contributed by atoms with Crippen LogP contribution in [0.25, 0.3) is 0 Å². The van der Waals surface area contributed by atoms with Crippen LogP contribution in [0.15, 0.2) is 22.9 Å². The number of pyridine rings is 1. The van der Waals surface area contributed by atoms with E-state index < -0.39 is 5.97 Å². The van der Waals surface area contributed by atoms with Crippen LogP contribution >= 0.6 is 15.9 Å². The Balaban J connectivity index is 2.42. The molecule has 1 heterocycles. The highest BCUT2D eigenvalue weighted by Crippen LogP contribution is 2.09. The second kappa shape index (κ2) is 7.10. The van der Waals surface area contributed by atoms with Crippen LogP contribution in [0.5, 0.6) is 0 Å². The molecule has 1 atom stereocenters. The van der Waals surface area contributed by atoms with Crippen molar-refractivity contribution in [2.75, 3.05) is 0 Å². The fourth-order valence-electron chi connectivity index (χ4n) is 1.48. The predicted molar refractivity (Wildman–Crippen MR) is 70.4 cm³/mol. The molecule has 6 heteroatoms. The molecular formula is C12H15BrN2O3. The van der Waals surface area contributed by atoms with E-state index in [0.717, 1.165) is 0 Å². The molecule has 0 radical (unpaired) electrons. The van der Waals surface area contributed by atoms with E-state index in [1.165, 1.54) is 0 Å². The third-order valence-electron chi connectivity index (χ3n) is 2.39. The second-order valence-corrected chi connectivity index (χ2v) is 4.84. The summed E-state index contributed by atoms with van der Waals surface area (Å²) in [5.74, 6) is -0.993. The molecule has 18 heavy (non-hydrogen) atoms. The molecule has 0 bridgehead atoms. The van der Waals surface area contributed by atoms with E-state index in [0.29, 0.717) is 23.0 Å². The normalized spacial score (nSPS) is 11.9. The number of carbonyl (C=O) groups excluding carboxylic acids is 1. The minimum Gasteiger partial charge on any atom is -0.481 e. The summed E-state index contributed by atoms with van der Waals surface area (Å²) in [5.41, 5.74) is 0.530. The standard InChI is InChI=1S/C12H15BrN2O3/c1-8(3-2-4-11(16)17)15-12(18)9-5-6-14-10(13)7-9/h5-8H,2-4H2,1H3,(H,15,18)(H,16,17). The first-order chi connectivity index (χ1) is 8.49. The molecule has 0 fully saturated rings. The number of carboxylic acids is 1. The Morgan fingerprint density at radius 3 is 2.89 bits per heavy atom. The zero-order chi connectivity index (χ0) is 13.5. The van der Waals surface area contributed by atoms with Crippen LogP contribution in [0, 0.1) is 0 Å². The Bertz CT molecular complexity index is 437. The lowest BCUT2D eigenvalue weighted by Crippen LogP contribution is -2.32. The number of nitrogens with one attached hydrogen (secondary N) is 1. The topological polar surface area (TPSA) is 79.3 Å². The number of aromatic nitrogens is 1. The smallest absolute Gasteiger partial charge is 0.303 e. The van der Waals surface area contributed by atoms with Crippen molar-refractivity contribution in [1.82, 2.24) is 10.3 Å². The molecular weight excluding hydrogens is 300 g/mol. The highest BCUT2D eigenvalue weighted by atomic mass is 79.9. The van der Waals surface area contributed by atoms with E-state index in [-0.39, 0.29) is 18.4 Å². The molecule has 2 N–H and O–H groups in total. The summed E-state index contributed by atoms with van der Waals surface area (Å²) in [4.78, 5) is 26.1. The Hall–Kier alpha value is -1.43. The van der Waals surface area contributed by atoms with Crippen molar-refractivity contribution >= 4 is 27.8 Å². The van der Waals surface area contributed by atoms with Gasteiger partial charge in [-0.3, -0.25) is 9.59 Å². The lowest BCUT2D eigenvalue weighted by atomic mass is 10.1. The first-order valence-corrected chi connectivity index (χ1v) is 6.42. The van der Waals surface area contributed by atoms with Gasteiger partial charge in [-0.25, -0.2) is 4.98 Å². The zero-order valence-corrected chi connectivity index (χ0v) is 11.6. The van der Waals surface area contributed by atoms with E-state index in [9.17, 15) is 9.59 Å². The van der Waals surface area contributed by atoms with Gasteiger partial charge in [0.05, 0.1) is 0 Å². The Morgan fingerprint density at radius 1 is 1.56 bits per heavy atom. The molecule has 1 rings (SSSR count). The van der Waals surface area contributed by atoms with Crippen LogP contribution in [0.2, 0.25) is 0 Å². The molecule has 0 aliphatic rings. The molecule has 1 amide bonds. The van der Waals surface area contributed by atoms with Crippen LogP contribution in [0.4, 0.5) is 0 Å². The van der Waals surface area contributed by atoms with Gasteiger partial charge in [0, 0.05) is 24.2 Å². The maximum atomic E-state index is 11.8. The molecule has 0 aliphatic heterocycles. The van der Waals surface area contributed by atoms with Crippen LogP contribution in [0.3, 0.4) is 0 Å². The lowest BCUT2D eigenvalue weighted by molar-refractivity contribution is -0.137. The molecule has 0 spiro atoms. The summed E-state index contributed by atoms with van der Waals surface area (Å²) >= 11 is 3.20. The van der Waals surface area contributed by atoms with Crippen molar-refractivity contribution < 1.29 is 14.7 Å². The molecule has 1 aromatic rings. The lowest BCUT2D eigenvalue weighted by Gasteiger charge is -2.13. The molecule has 98 valence electrons. The Labute approximate surface area is 114 Å². The molecule has 0 aliphatic carbocycles. The van der Waals surface area contributed by atoms with Gasteiger partial charge >= 0.3 is 5.97 Å². The third-order valence-corrected chi connectivity index (χ3v) is 2.83. The van der Waals surface area contributed by atoms with Gasteiger partial charge in [0.25, 0.3) is 5.91 Å². The molecule has 5 nitrogen and oxygen atoms in total. The molecule has 0 saturated heterocycles. The monoisotopic (exact) mass is 314 g/mol. The summed E-state index contributed by atoms with van der Waals surface area (Å²) in [6, 6.07) is 3.22. The summed E-state index contributed by atoms with van der Waals surface area (Å²) < 4.78 is 0.605. The van der Waals surface area contributed by atoms with Gasteiger partial charge in [0.1, 0.15) is 4.60 Å². The van der Waals surface area contributed by atoms with Crippen molar-refractivity contribution in [2.45, 2.75) is 32.2 Å². The number of rotatable bonds is 6. The van der Waals surface area contributed by atoms with Crippen LogP contribution < -0.4 is 5.32 Å². The largest absolute Gasteiger partial charge is 0.481 e. The van der Waals surface area contributed by atoms with Gasteiger partial charge in [-0.2, -0.15) is 0 Å². The zero-order valence-electron chi connectivity index (χ0n) is 10.0. The molecule has 0 aromatic carbocycles. The van der Waals surface area contributed by atoms with Crippen molar-refractivity contribution in [2.24, 2.45) is 0 Å². The van der Waals surface area contributed by atoms with E-state index in [4.69, 9.17) is 5.11 Å². The summed E-state index contributed by atoms with van der Waals surface area (Å²) in [7, 11) is 0. The van der Waals surface area contributed by atoms with E-state index in [2.05, 4.69) is 26.2 Å². The summed E-state index contributed by atoms with van der Waals surface area (Å²) in [6.45, 7) is 1.86. The quantitative estimate of drug-likeness (QED) is 0.789. The third kappa shape index (κ3) is 5.27. The van der Waals surface area contributed by atoms with E-state index >= 15 is 0 Å². The van der Waals surface area contributed by atoms with Crippen molar-refractivity contribution in [3.8, 4) is 0 Å². The number of hydrogen-bond donors (Lipinski definition) is 2. The minimum atomic E-state index is -0.813. The minimum absolute atomic E-state index is 0.0520. The number of aliphatic carboxylic acids is 1. The number of hydrogen-bond acceptors (Lipinski definition) is 3. The fourth-order valence-corrected chi connectivity index (χ4v) is 1.85. The molecule has 0 saturated carbocycles. The second-order valence-electron chi connectivity index (χ2n) is 4.03. The summed E-state index contributed by atoms with van der Waals surface area (Å²) in [5, 5.41) is 11.3. The van der Waals surface area contributed by atoms with Crippen molar-refractivity contribution in [3.63, 3.8) is 0 Å². The van der Waals surface area contributed by atoms with Gasteiger partial charge < -0.3 is 10.4 Å². The molecule has 1 aromatic heterocycles. The van der Waals surface area contributed by atoms with E-state index in [1.807, 2.05) is 6.92 Å². The highest BCUT2D eigenvalue weighted by molar-refractivity contribution is 9.10. The van der Waals surface area contributed by atoms with Gasteiger partial charge in [0.15, 0.2) is 0 Å². The number of carbonyl (C=O) groups is 2. The number of halogens is 1. The number of carboxylic acid groups (broad SMARTS) is 1. The number of nitrogens with zero attached hydrogens (tertiary/aromatic N) is 1. The number of amides is 1. The first-order valence-electron chi connectivity index (χ1n) is 5.63. The van der Waals surface area contributed by atoms with Crippen LogP contribution in [0.1, 0.15) is 36.5 Å². The highest BCUT2D eigenvalue weighted by Gasteiger charge is 2.10. The average molecular weight is 315 g/mol. The van der Waals surface area contributed by atoms with Gasteiger partial charge in [-0.1, -0.05) is 0 Å². The maximum absolute atomic E-state index is 11.8. The van der Waals surface area contributed by atoms with Crippen molar-refractivity contribution in [1.29, 1.82) is 0 Å². The Morgan fingerprint density at radius 2 is 2.28 bits per heavy atom. The first kappa shape index (κ1) is 14.6. The van der Waals surface area contributed by atoms with Gasteiger partial charge in [-0.15, -0.1) is 0 Å². The van der Waals surface area contributed by atoms with Crippen LogP contribution in [-0.4, -0.2) is 28.0 Å². The Kier molecular flexibility index (Phi) is 5.77. The predicted octanol–water partition coefficient (Wildman–Crippen LogP) is 2.22. The maximum Gasteiger partial charge on any atom is 0.303 e. The van der Waals surface area contributed by atoms with Gasteiger partial charge in [0.2, 0.25) is 0 Å². The SMILES string of the molecule is CC(CCCC(=O)O)NC(=O)c1ccnc(Br)c1. The van der Waals surface area contributed by atoms with Crippen molar-refractivity contribution in [3.05, 3.63) is 28.5 Å².